The zero-order valence-corrected chi connectivity index (χ0v) is 20.7. The molecule has 2 amide bonds. The van der Waals surface area contributed by atoms with Crippen LogP contribution in [0.2, 0.25) is 0 Å². The van der Waals surface area contributed by atoms with Crippen molar-refractivity contribution in [2.45, 2.75) is 32.2 Å². The summed E-state index contributed by atoms with van der Waals surface area (Å²) in [5, 5.41) is 11.1. The standard InChI is InChI=1S/C27H31N3O6/c1-3-11-29-20-8-5-4-7-19(20)27(26(29)34)22(23(31)21-10-9-18(2)36-21)24(32)25(33)30(27)13-6-12-28-14-16-35-17-15-28/h4-5,7-10,32H,3,6,11-17H2,1-2H3/t27-/m0/s1. The van der Waals surface area contributed by atoms with Crippen molar-refractivity contribution < 1.29 is 28.6 Å². The molecule has 190 valence electrons. The van der Waals surface area contributed by atoms with Crippen LogP contribution in [0.3, 0.4) is 0 Å². The Bertz CT molecular complexity index is 1230. The number of amides is 2. The van der Waals surface area contributed by atoms with Crippen LogP contribution in [-0.4, -0.2) is 78.4 Å². The predicted octanol–water partition coefficient (Wildman–Crippen LogP) is 2.80. The van der Waals surface area contributed by atoms with E-state index in [1.165, 1.54) is 11.0 Å². The fourth-order valence-corrected chi connectivity index (χ4v) is 5.57. The number of para-hydroxylation sites is 1. The molecule has 4 heterocycles. The molecule has 1 aromatic carbocycles. The van der Waals surface area contributed by atoms with E-state index in [9.17, 15) is 19.5 Å². The van der Waals surface area contributed by atoms with E-state index in [1.807, 2.05) is 19.1 Å². The SMILES string of the molecule is CCCN1C(=O)[C@@]2(C(C(=O)c3ccc(C)o3)=C(O)C(=O)N2CCCN2CCOCC2)c2ccccc21. The van der Waals surface area contributed by atoms with Crippen LogP contribution in [0.25, 0.3) is 0 Å². The molecule has 1 aromatic heterocycles. The Morgan fingerprint density at radius 2 is 1.81 bits per heavy atom. The number of aliphatic hydroxyl groups excluding tert-OH is 1. The van der Waals surface area contributed by atoms with Crippen molar-refractivity contribution in [1.82, 2.24) is 9.80 Å². The molecule has 1 fully saturated rings. The van der Waals surface area contributed by atoms with Crippen molar-refractivity contribution in [2.75, 3.05) is 50.8 Å². The number of hydrogen-bond acceptors (Lipinski definition) is 7. The largest absolute Gasteiger partial charge is 0.503 e. The molecule has 1 atom stereocenters. The number of benzene rings is 1. The fraction of sp³-hybridized carbons (Fsp3) is 0.444. The molecule has 3 aliphatic heterocycles. The van der Waals surface area contributed by atoms with Crippen molar-refractivity contribution in [1.29, 1.82) is 0 Å². The second-order valence-electron chi connectivity index (χ2n) is 9.41. The molecule has 0 radical (unpaired) electrons. The normalized spacial score (nSPS) is 22.3. The molecule has 9 nitrogen and oxygen atoms in total. The summed E-state index contributed by atoms with van der Waals surface area (Å²) in [6, 6.07) is 10.4. The third-order valence-corrected chi connectivity index (χ3v) is 7.19. The summed E-state index contributed by atoms with van der Waals surface area (Å²) in [5.74, 6) is -1.97. The number of carbonyl (C=O) groups excluding carboxylic acids is 3. The topological polar surface area (TPSA) is 104 Å². The molecule has 0 saturated carbocycles. The number of fused-ring (bicyclic) bond motifs is 2. The highest BCUT2D eigenvalue weighted by atomic mass is 16.5. The first-order chi connectivity index (χ1) is 17.4. The van der Waals surface area contributed by atoms with Crippen LogP contribution in [0, 0.1) is 6.92 Å². The Kier molecular flexibility index (Phi) is 6.44. The number of aryl methyl sites for hydroxylation is 1. The number of rotatable bonds is 8. The first-order valence-corrected chi connectivity index (χ1v) is 12.5. The van der Waals surface area contributed by atoms with Crippen molar-refractivity contribution in [3.63, 3.8) is 0 Å². The quantitative estimate of drug-likeness (QED) is 0.564. The molecule has 36 heavy (non-hydrogen) atoms. The number of anilines is 1. The van der Waals surface area contributed by atoms with E-state index in [1.54, 1.807) is 30.0 Å². The highest BCUT2D eigenvalue weighted by molar-refractivity contribution is 6.25. The lowest BCUT2D eigenvalue weighted by Crippen LogP contribution is -2.54. The van der Waals surface area contributed by atoms with Gasteiger partial charge >= 0.3 is 0 Å². The summed E-state index contributed by atoms with van der Waals surface area (Å²) in [5.41, 5.74) is -0.801. The summed E-state index contributed by atoms with van der Waals surface area (Å²) in [7, 11) is 0. The van der Waals surface area contributed by atoms with E-state index < -0.39 is 28.9 Å². The Balaban J connectivity index is 1.60. The second-order valence-corrected chi connectivity index (χ2v) is 9.41. The number of hydrogen-bond donors (Lipinski definition) is 1. The van der Waals surface area contributed by atoms with E-state index >= 15 is 0 Å². The highest BCUT2D eigenvalue weighted by Crippen LogP contribution is 2.53. The third-order valence-electron chi connectivity index (χ3n) is 7.19. The maximum absolute atomic E-state index is 14.3. The molecule has 1 N–H and O–H groups in total. The average molecular weight is 494 g/mol. The van der Waals surface area contributed by atoms with Crippen molar-refractivity contribution in [2.24, 2.45) is 0 Å². The molecule has 1 saturated heterocycles. The molecule has 9 heteroatoms. The van der Waals surface area contributed by atoms with E-state index in [2.05, 4.69) is 4.90 Å². The van der Waals surface area contributed by atoms with Gasteiger partial charge in [0.15, 0.2) is 17.1 Å². The maximum atomic E-state index is 14.3. The van der Waals surface area contributed by atoms with Crippen molar-refractivity contribution in [3.8, 4) is 0 Å². The van der Waals surface area contributed by atoms with E-state index in [0.717, 1.165) is 13.1 Å². The zero-order valence-electron chi connectivity index (χ0n) is 20.7. The van der Waals surface area contributed by atoms with E-state index in [0.29, 0.717) is 56.2 Å². The minimum absolute atomic E-state index is 0.0179. The Morgan fingerprint density at radius 1 is 1.06 bits per heavy atom. The van der Waals surface area contributed by atoms with Gasteiger partial charge in [0, 0.05) is 38.3 Å². The molecule has 1 spiro atoms. The number of ketones is 1. The number of nitrogens with zero attached hydrogens (tertiary/aromatic N) is 3. The van der Waals surface area contributed by atoms with Gasteiger partial charge in [-0.15, -0.1) is 0 Å². The number of morpholine rings is 1. The lowest BCUT2D eigenvalue weighted by molar-refractivity contribution is -0.140. The number of aliphatic hydroxyl groups is 1. The maximum Gasteiger partial charge on any atom is 0.290 e. The number of furan rings is 1. The lowest BCUT2D eigenvalue weighted by Gasteiger charge is -2.36. The summed E-state index contributed by atoms with van der Waals surface area (Å²) in [4.78, 5) is 46.9. The van der Waals surface area contributed by atoms with Crippen LogP contribution < -0.4 is 4.90 Å². The summed E-state index contributed by atoms with van der Waals surface area (Å²) in [6.45, 7) is 7.93. The third kappa shape index (κ3) is 3.65. The van der Waals surface area contributed by atoms with Gasteiger partial charge in [-0.05, 0) is 38.0 Å². The second kappa shape index (κ2) is 9.55. The van der Waals surface area contributed by atoms with Gasteiger partial charge in [0.25, 0.3) is 11.8 Å². The molecule has 0 unspecified atom stereocenters. The van der Waals surface area contributed by atoms with Gasteiger partial charge in [-0.25, -0.2) is 0 Å². The molecular weight excluding hydrogens is 462 g/mol. The van der Waals surface area contributed by atoms with Gasteiger partial charge in [0.1, 0.15) is 5.76 Å². The van der Waals surface area contributed by atoms with Crippen LogP contribution in [0.5, 0.6) is 0 Å². The number of carbonyl (C=O) groups is 3. The van der Waals surface area contributed by atoms with Gasteiger partial charge in [0.2, 0.25) is 5.78 Å². The summed E-state index contributed by atoms with van der Waals surface area (Å²) < 4.78 is 11.0. The molecule has 0 bridgehead atoms. The molecule has 0 aliphatic carbocycles. The van der Waals surface area contributed by atoms with E-state index in [-0.39, 0.29) is 17.9 Å². The first kappa shape index (κ1) is 24.3. The van der Waals surface area contributed by atoms with Crippen LogP contribution in [0.15, 0.2) is 52.1 Å². The lowest BCUT2D eigenvalue weighted by atomic mass is 9.81. The minimum Gasteiger partial charge on any atom is -0.503 e. The van der Waals surface area contributed by atoms with Crippen molar-refractivity contribution in [3.05, 3.63) is 64.8 Å². The minimum atomic E-state index is -1.74. The first-order valence-electron chi connectivity index (χ1n) is 12.5. The Hall–Kier alpha value is -3.43. The fourth-order valence-electron chi connectivity index (χ4n) is 5.57. The van der Waals surface area contributed by atoms with Gasteiger partial charge in [-0.2, -0.15) is 0 Å². The van der Waals surface area contributed by atoms with E-state index in [4.69, 9.17) is 9.15 Å². The number of Topliss-reactive ketones (excluding diaryl/α,β-unsaturated/α-hetero) is 1. The van der Waals surface area contributed by atoms with Crippen LogP contribution in [0.4, 0.5) is 5.69 Å². The van der Waals surface area contributed by atoms with Crippen LogP contribution in [-0.2, 0) is 19.9 Å². The molecule has 2 aromatic rings. The molecular formula is C27H31N3O6. The summed E-state index contributed by atoms with van der Waals surface area (Å²) >= 11 is 0. The average Bonchev–Trinajstić information content (AvgIpc) is 3.49. The number of ether oxygens (including phenoxy) is 1. The van der Waals surface area contributed by atoms with Crippen LogP contribution >= 0.6 is 0 Å². The van der Waals surface area contributed by atoms with Gasteiger partial charge in [0.05, 0.1) is 24.5 Å². The van der Waals surface area contributed by atoms with Crippen molar-refractivity contribution >= 4 is 23.3 Å². The molecule has 5 rings (SSSR count). The zero-order chi connectivity index (χ0) is 25.4. The Labute approximate surface area is 209 Å². The summed E-state index contributed by atoms with van der Waals surface area (Å²) in [6.07, 6.45) is 1.27. The van der Waals surface area contributed by atoms with Gasteiger partial charge < -0.3 is 24.1 Å². The monoisotopic (exact) mass is 493 g/mol. The predicted molar refractivity (Wildman–Crippen MR) is 132 cm³/mol. The smallest absolute Gasteiger partial charge is 0.290 e. The Morgan fingerprint density at radius 3 is 2.50 bits per heavy atom. The molecule has 3 aliphatic rings. The van der Waals surface area contributed by atoms with Gasteiger partial charge in [-0.3, -0.25) is 19.3 Å². The highest BCUT2D eigenvalue weighted by Gasteiger charge is 2.65. The van der Waals surface area contributed by atoms with Gasteiger partial charge in [-0.1, -0.05) is 25.1 Å². The van der Waals surface area contributed by atoms with Crippen LogP contribution in [0.1, 0.15) is 41.6 Å².